The van der Waals surface area contributed by atoms with Crippen molar-refractivity contribution in [3.05, 3.63) is 121 Å². The number of rotatable bonds is 6. The van der Waals surface area contributed by atoms with Crippen LogP contribution in [0, 0.1) is 0 Å². The number of aromatic nitrogens is 4. The third-order valence-corrected chi connectivity index (χ3v) is 7.02. The Balaban J connectivity index is 1.02. The van der Waals surface area contributed by atoms with E-state index in [1.807, 2.05) is 48.5 Å². The molecule has 40 heavy (non-hydrogen) atoms. The van der Waals surface area contributed by atoms with Crippen LogP contribution in [0.3, 0.4) is 0 Å². The summed E-state index contributed by atoms with van der Waals surface area (Å²) in [6.45, 7) is 0. The fourth-order valence-electron chi connectivity index (χ4n) is 4.74. The van der Waals surface area contributed by atoms with Gasteiger partial charge in [0.15, 0.2) is 11.4 Å². The molecule has 0 saturated heterocycles. The molecule has 0 amide bonds. The van der Waals surface area contributed by atoms with Crippen LogP contribution in [0.5, 0.6) is 0 Å². The van der Waals surface area contributed by atoms with Crippen molar-refractivity contribution < 1.29 is 8.80 Å². The SMILES string of the molecule is Cn1c(-c2ccc(/C=N/NC(=S)N/N=C/c3ccc(-c4c[n+]5ccccc5n4C)cc3)cc2)c[n+]2ccccc12. The fraction of sp³-hybridized carbons (Fsp3) is 0.0645. The van der Waals surface area contributed by atoms with Crippen molar-refractivity contribution in [2.24, 2.45) is 24.3 Å². The first-order chi connectivity index (χ1) is 19.6. The Labute approximate surface area is 237 Å². The Bertz CT molecular complexity index is 1740. The molecule has 4 aromatic heterocycles. The van der Waals surface area contributed by atoms with Crippen LogP contribution in [0.1, 0.15) is 11.1 Å². The first kappa shape index (κ1) is 25.1. The van der Waals surface area contributed by atoms with E-state index < -0.39 is 0 Å². The minimum atomic E-state index is 0.306. The van der Waals surface area contributed by atoms with Gasteiger partial charge >= 0.3 is 0 Å². The summed E-state index contributed by atoms with van der Waals surface area (Å²) in [6.07, 6.45) is 11.8. The molecule has 6 aromatic rings. The number of aryl methyl sites for hydroxylation is 2. The van der Waals surface area contributed by atoms with Gasteiger partial charge in [0, 0.05) is 23.3 Å². The van der Waals surface area contributed by atoms with E-state index >= 15 is 0 Å². The van der Waals surface area contributed by atoms with Gasteiger partial charge in [-0.25, -0.2) is 17.9 Å². The summed E-state index contributed by atoms with van der Waals surface area (Å²) >= 11 is 5.29. The highest BCUT2D eigenvalue weighted by molar-refractivity contribution is 7.80. The largest absolute Gasteiger partial charge is 0.286 e. The average Bonchev–Trinajstić information content (AvgIpc) is 3.51. The van der Waals surface area contributed by atoms with E-state index in [1.165, 1.54) is 0 Å². The molecule has 0 unspecified atom stereocenters. The smallest absolute Gasteiger partial charge is 0.252 e. The minimum Gasteiger partial charge on any atom is -0.252 e. The summed E-state index contributed by atoms with van der Waals surface area (Å²) < 4.78 is 8.58. The highest BCUT2D eigenvalue weighted by Crippen LogP contribution is 2.21. The van der Waals surface area contributed by atoms with Crippen LogP contribution in [0.15, 0.2) is 120 Å². The maximum Gasteiger partial charge on any atom is 0.286 e. The van der Waals surface area contributed by atoms with E-state index in [2.05, 4.69) is 114 Å². The second kappa shape index (κ2) is 10.9. The van der Waals surface area contributed by atoms with Gasteiger partial charge in [-0.3, -0.25) is 10.9 Å². The van der Waals surface area contributed by atoms with Gasteiger partial charge in [0.2, 0.25) is 5.11 Å². The molecule has 196 valence electrons. The molecule has 0 fully saturated rings. The number of fused-ring (bicyclic) bond motifs is 2. The molecule has 0 aliphatic heterocycles. The number of hydrazone groups is 2. The van der Waals surface area contributed by atoms with Crippen LogP contribution >= 0.6 is 12.2 Å². The standard InChI is InChI=1S/C31H27N8S/c1-36-27(21-38-17-5-3-7-29(36)38)25-13-9-23(10-14-25)19-32-34-31(40)35-33-20-24-11-15-26(16-12-24)28-22-39-18-6-4-8-30(39)37(28)2/h3-22H,1-2H3,(H-,34,35,40)/q+1/p+1/b32-19+,33-20+. The van der Waals surface area contributed by atoms with Gasteiger partial charge in [-0.15, -0.1) is 0 Å². The topological polar surface area (TPSA) is 66.8 Å². The molecule has 8 nitrogen and oxygen atoms in total. The molecule has 0 spiro atoms. The van der Waals surface area contributed by atoms with Crippen LogP contribution in [0.2, 0.25) is 0 Å². The molecule has 4 heterocycles. The summed E-state index contributed by atoms with van der Waals surface area (Å²) in [5.41, 5.74) is 14.3. The highest BCUT2D eigenvalue weighted by atomic mass is 32.1. The molecule has 0 radical (unpaired) electrons. The van der Waals surface area contributed by atoms with Crippen molar-refractivity contribution in [2.45, 2.75) is 0 Å². The highest BCUT2D eigenvalue weighted by Gasteiger charge is 2.16. The lowest BCUT2D eigenvalue weighted by Crippen LogP contribution is -2.28. The van der Waals surface area contributed by atoms with E-state index in [1.54, 1.807) is 12.4 Å². The van der Waals surface area contributed by atoms with Gasteiger partial charge in [-0.05, 0) is 59.7 Å². The third-order valence-electron chi connectivity index (χ3n) is 6.84. The monoisotopic (exact) mass is 544 g/mol. The zero-order valence-electron chi connectivity index (χ0n) is 22.1. The predicted molar refractivity (Wildman–Crippen MR) is 162 cm³/mol. The predicted octanol–water partition coefficient (Wildman–Crippen LogP) is 4.01. The van der Waals surface area contributed by atoms with Gasteiger partial charge < -0.3 is 0 Å². The second-order valence-corrected chi connectivity index (χ2v) is 9.80. The van der Waals surface area contributed by atoms with Crippen LogP contribution in [0.4, 0.5) is 0 Å². The zero-order chi connectivity index (χ0) is 27.5. The number of benzene rings is 2. The molecule has 0 aliphatic rings. The summed E-state index contributed by atoms with van der Waals surface area (Å²) in [5, 5.41) is 8.76. The molecule has 9 heteroatoms. The van der Waals surface area contributed by atoms with E-state index in [9.17, 15) is 0 Å². The van der Waals surface area contributed by atoms with Crippen LogP contribution in [-0.2, 0) is 14.1 Å². The van der Waals surface area contributed by atoms with Crippen molar-refractivity contribution in [2.75, 3.05) is 0 Å². The Morgan fingerprint density at radius 2 is 1.07 bits per heavy atom. The minimum absolute atomic E-state index is 0.306. The number of hydrogen-bond donors (Lipinski definition) is 2. The maximum atomic E-state index is 5.29. The van der Waals surface area contributed by atoms with E-state index in [0.29, 0.717) is 5.11 Å². The molecular formula is C31H28N8S+2. The molecule has 6 rings (SSSR count). The number of pyridine rings is 2. The summed E-state index contributed by atoms with van der Waals surface area (Å²) in [4.78, 5) is 0. The van der Waals surface area contributed by atoms with Crippen molar-refractivity contribution in [1.29, 1.82) is 0 Å². The molecule has 0 atom stereocenters. The quantitative estimate of drug-likeness (QED) is 0.144. The zero-order valence-corrected chi connectivity index (χ0v) is 23.0. The van der Waals surface area contributed by atoms with Crippen LogP contribution in [-0.4, -0.2) is 26.7 Å². The van der Waals surface area contributed by atoms with Gasteiger partial charge in [-0.2, -0.15) is 10.2 Å². The molecule has 2 aromatic carbocycles. The lowest BCUT2D eigenvalue weighted by molar-refractivity contribution is -0.510. The van der Waals surface area contributed by atoms with Gasteiger partial charge in [-0.1, -0.05) is 36.4 Å². The molecular weight excluding hydrogens is 516 g/mol. The summed E-state index contributed by atoms with van der Waals surface area (Å²) in [5.74, 6) is 0. The van der Waals surface area contributed by atoms with E-state index in [-0.39, 0.29) is 0 Å². The van der Waals surface area contributed by atoms with Crippen LogP contribution in [0.25, 0.3) is 33.8 Å². The van der Waals surface area contributed by atoms with Crippen molar-refractivity contribution in [1.82, 2.24) is 20.0 Å². The van der Waals surface area contributed by atoms with Crippen molar-refractivity contribution >= 4 is 41.1 Å². The number of nitrogens with zero attached hydrogens (tertiary/aromatic N) is 6. The first-order valence-electron chi connectivity index (χ1n) is 12.8. The lowest BCUT2D eigenvalue weighted by atomic mass is 10.1. The average molecular weight is 545 g/mol. The first-order valence-corrected chi connectivity index (χ1v) is 13.2. The van der Waals surface area contributed by atoms with Crippen molar-refractivity contribution in [3.8, 4) is 22.5 Å². The Morgan fingerprint density at radius 3 is 1.48 bits per heavy atom. The molecule has 0 bridgehead atoms. The normalized spacial score (nSPS) is 11.7. The van der Waals surface area contributed by atoms with Gasteiger partial charge in [0.05, 0.1) is 38.9 Å². The van der Waals surface area contributed by atoms with Gasteiger partial charge in [0.25, 0.3) is 11.3 Å². The number of thiocarbonyl (C=S) groups is 1. The number of hydrogen-bond acceptors (Lipinski definition) is 3. The van der Waals surface area contributed by atoms with E-state index in [0.717, 1.165) is 44.9 Å². The molecule has 2 N–H and O–H groups in total. The summed E-state index contributed by atoms with van der Waals surface area (Å²) in [7, 11) is 4.14. The van der Waals surface area contributed by atoms with Gasteiger partial charge in [0.1, 0.15) is 12.4 Å². The van der Waals surface area contributed by atoms with Crippen molar-refractivity contribution in [3.63, 3.8) is 0 Å². The van der Waals surface area contributed by atoms with Crippen LogP contribution < -0.4 is 19.7 Å². The molecule has 0 aliphatic carbocycles. The summed E-state index contributed by atoms with van der Waals surface area (Å²) in [6, 6.07) is 28.8. The Kier molecular flexibility index (Phi) is 6.86. The number of imidazole rings is 2. The Morgan fingerprint density at radius 1 is 0.650 bits per heavy atom. The maximum absolute atomic E-state index is 5.29. The van der Waals surface area contributed by atoms with E-state index in [4.69, 9.17) is 12.2 Å². The number of nitrogens with one attached hydrogen (secondary N) is 2. The Hall–Kier alpha value is -5.15. The fourth-order valence-corrected chi connectivity index (χ4v) is 4.84. The third kappa shape index (κ3) is 5.10. The lowest BCUT2D eigenvalue weighted by Gasteiger charge is -2.02. The second-order valence-electron chi connectivity index (χ2n) is 9.39. The molecule has 0 saturated carbocycles.